The molecule has 0 spiro atoms. The minimum absolute atomic E-state index is 0.111. The monoisotopic (exact) mass is 361 g/mol. The lowest BCUT2D eigenvalue weighted by Gasteiger charge is -2.11. The topological polar surface area (TPSA) is 106 Å². The Hall–Kier alpha value is -3.00. The third-order valence-electron chi connectivity index (χ3n) is 3.75. The number of nitrogens with zero attached hydrogens (tertiary/aromatic N) is 4. The molecule has 0 radical (unpaired) electrons. The van der Waals surface area contributed by atoms with Crippen molar-refractivity contribution < 1.29 is 14.6 Å². The normalized spacial score (nSPS) is 10.8. The Morgan fingerprint density at radius 3 is 2.88 bits per heavy atom. The van der Waals surface area contributed by atoms with E-state index in [1.807, 2.05) is 0 Å². The first-order chi connectivity index (χ1) is 11.9. The molecule has 0 unspecified atom stereocenters. The molecule has 2 aromatic heterocycles. The highest BCUT2D eigenvalue weighted by Crippen LogP contribution is 2.30. The summed E-state index contributed by atoms with van der Waals surface area (Å²) in [6.07, 6.45) is 0.533. The van der Waals surface area contributed by atoms with Gasteiger partial charge in [-0.3, -0.25) is 0 Å². The Bertz CT molecular complexity index is 956. The number of amides is 1. The summed E-state index contributed by atoms with van der Waals surface area (Å²) in [4.78, 5) is 16.3. The molecule has 0 aliphatic rings. The molecule has 0 fully saturated rings. The molecule has 1 aromatic carbocycles. The van der Waals surface area contributed by atoms with E-state index < -0.39 is 6.09 Å². The van der Waals surface area contributed by atoms with Crippen molar-refractivity contribution in [1.82, 2.24) is 19.7 Å². The second-order valence-electron chi connectivity index (χ2n) is 5.45. The zero-order chi connectivity index (χ0) is 18.1. The van der Waals surface area contributed by atoms with Crippen molar-refractivity contribution in [2.75, 3.05) is 19.9 Å². The predicted molar refractivity (Wildman–Crippen MR) is 94.3 cm³/mol. The van der Waals surface area contributed by atoms with Crippen LogP contribution >= 0.6 is 11.6 Å². The molecule has 25 heavy (non-hydrogen) atoms. The van der Waals surface area contributed by atoms with Gasteiger partial charge in [-0.15, -0.1) is 0 Å². The Balaban J connectivity index is 2.22. The zero-order valence-corrected chi connectivity index (χ0v) is 14.4. The van der Waals surface area contributed by atoms with E-state index in [0.717, 1.165) is 4.90 Å². The van der Waals surface area contributed by atoms with Crippen molar-refractivity contribution in [3.05, 3.63) is 41.3 Å². The number of ether oxygens (including phenoxy) is 1. The van der Waals surface area contributed by atoms with Crippen LogP contribution in [-0.4, -0.2) is 45.0 Å². The number of nitrogens with two attached hydrogens (primary N) is 1. The molecular weight excluding hydrogens is 346 g/mol. The number of fused-ring (bicyclic) bond motifs is 1. The number of pyridine rings is 1. The average molecular weight is 362 g/mol. The van der Waals surface area contributed by atoms with Crippen LogP contribution in [0.2, 0.25) is 5.15 Å². The average Bonchev–Trinajstić information content (AvgIpc) is 2.92. The molecule has 0 saturated heterocycles. The summed E-state index contributed by atoms with van der Waals surface area (Å²) >= 11 is 6.03. The molecule has 2 heterocycles. The van der Waals surface area contributed by atoms with Gasteiger partial charge in [0.1, 0.15) is 16.6 Å². The maximum Gasteiger partial charge on any atom is 0.407 e. The number of halogens is 1. The van der Waals surface area contributed by atoms with Gasteiger partial charge in [-0.2, -0.15) is 5.10 Å². The van der Waals surface area contributed by atoms with Crippen LogP contribution in [-0.2, 0) is 6.54 Å². The van der Waals surface area contributed by atoms with E-state index in [2.05, 4.69) is 10.1 Å². The largest absolute Gasteiger partial charge is 0.494 e. The number of carbonyl (C=O) groups is 1. The van der Waals surface area contributed by atoms with E-state index in [4.69, 9.17) is 27.2 Å². The van der Waals surface area contributed by atoms with Gasteiger partial charge in [0.05, 0.1) is 24.9 Å². The highest BCUT2D eigenvalue weighted by atomic mass is 35.5. The van der Waals surface area contributed by atoms with Gasteiger partial charge < -0.3 is 20.5 Å². The fraction of sp³-hybridized carbons (Fsp3) is 0.188. The van der Waals surface area contributed by atoms with E-state index in [1.165, 1.54) is 14.2 Å². The first-order valence-electron chi connectivity index (χ1n) is 7.32. The Labute approximate surface area is 148 Å². The molecule has 3 N–H and O–H groups in total. The number of hydrogen-bond donors (Lipinski definition) is 2. The predicted octanol–water partition coefficient (Wildman–Crippen LogP) is 2.77. The molecule has 3 aromatic rings. The second-order valence-corrected chi connectivity index (χ2v) is 5.84. The van der Waals surface area contributed by atoms with Gasteiger partial charge in [0, 0.05) is 36.5 Å². The molecule has 9 heteroatoms. The van der Waals surface area contributed by atoms with Crippen LogP contribution in [0, 0.1) is 0 Å². The van der Waals surface area contributed by atoms with Gasteiger partial charge in [-0.1, -0.05) is 11.6 Å². The molecule has 1 amide bonds. The van der Waals surface area contributed by atoms with Crippen LogP contribution in [0.4, 0.5) is 10.5 Å². The number of methoxy groups -OCH3 is 1. The minimum atomic E-state index is -1.05. The number of nitrogen functional groups attached to an aromatic ring is 1. The van der Waals surface area contributed by atoms with E-state index >= 15 is 0 Å². The smallest absolute Gasteiger partial charge is 0.407 e. The van der Waals surface area contributed by atoms with Gasteiger partial charge in [0.15, 0.2) is 0 Å². The summed E-state index contributed by atoms with van der Waals surface area (Å²) in [6.45, 7) is 0.111. The fourth-order valence-electron chi connectivity index (χ4n) is 2.51. The number of aromatic nitrogens is 3. The summed E-state index contributed by atoms with van der Waals surface area (Å²) in [5.74, 6) is 0.537. The number of rotatable bonds is 4. The summed E-state index contributed by atoms with van der Waals surface area (Å²) in [7, 11) is 3.01. The molecule has 0 atom stereocenters. The Kier molecular flexibility index (Phi) is 4.37. The number of benzene rings is 1. The molecule has 0 aliphatic carbocycles. The van der Waals surface area contributed by atoms with Crippen molar-refractivity contribution in [2.24, 2.45) is 0 Å². The Morgan fingerprint density at radius 2 is 2.20 bits per heavy atom. The minimum Gasteiger partial charge on any atom is -0.494 e. The first kappa shape index (κ1) is 16.8. The lowest BCUT2D eigenvalue weighted by Crippen LogP contribution is -2.24. The van der Waals surface area contributed by atoms with Gasteiger partial charge >= 0.3 is 6.09 Å². The van der Waals surface area contributed by atoms with Gasteiger partial charge in [0.2, 0.25) is 0 Å². The van der Waals surface area contributed by atoms with E-state index in [9.17, 15) is 4.79 Å². The van der Waals surface area contributed by atoms with Crippen molar-refractivity contribution in [1.29, 1.82) is 0 Å². The number of anilines is 1. The molecule has 8 nitrogen and oxygen atoms in total. The van der Waals surface area contributed by atoms with E-state index in [1.54, 1.807) is 35.1 Å². The quantitative estimate of drug-likeness (QED) is 0.546. The summed E-state index contributed by atoms with van der Waals surface area (Å²) in [5.41, 5.74) is 8.28. The van der Waals surface area contributed by atoms with Crippen LogP contribution < -0.4 is 10.5 Å². The summed E-state index contributed by atoms with van der Waals surface area (Å²) < 4.78 is 7.04. The molecular formula is C16H16ClN5O3. The summed E-state index contributed by atoms with van der Waals surface area (Å²) in [6, 6.07) is 6.87. The number of hydrogen-bond acceptors (Lipinski definition) is 5. The third kappa shape index (κ3) is 3.16. The maximum atomic E-state index is 11.1. The van der Waals surface area contributed by atoms with Crippen LogP contribution in [0.25, 0.3) is 16.6 Å². The maximum absolute atomic E-state index is 11.1. The molecule has 0 aliphatic heterocycles. The van der Waals surface area contributed by atoms with Gasteiger partial charge in [-0.25, -0.2) is 14.5 Å². The van der Waals surface area contributed by atoms with Crippen LogP contribution in [0.3, 0.4) is 0 Å². The molecule has 130 valence electrons. The fourth-order valence-corrected chi connectivity index (χ4v) is 2.66. The number of carboxylic acid groups (broad SMARTS) is 1. The molecule has 0 bridgehead atoms. The van der Waals surface area contributed by atoms with Crippen molar-refractivity contribution in [2.45, 2.75) is 6.54 Å². The van der Waals surface area contributed by atoms with Crippen molar-refractivity contribution in [3.63, 3.8) is 0 Å². The highest BCUT2D eigenvalue weighted by Gasteiger charge is 2.18. The standard InChI is InChI=1S/C16H16ClN5O3/c1-21(16(23)24)8-11-10-7-19-15(17)6-13(10)22(20-11)12-4-3-9(18)5-14(12)25-2/h3-7H,8,18H2,1-2H3,(H,23,24). The van der Waals surface area contributed by atoms with E-state index in [-0.39, 0.29) is 6.54 Å². The first-order valence-corrected chi connectivity index (χ1v) is 7.69. The van der Waals surface area contributed by atoms with Crippen LogP contribution in [0.5, 0.6) is 5.75 Å². The van der Waals surface area contributed by atoms with Crippen molar-refractivity contribution in [3.8, 4) is 11.4 Å². The van der Waals surface area contributed by atoms with Crippen LogP contribution in [0.15, 0.2) is 30.5 Å². The third-order valence-corrected chi connectivity index (χ3v) is 3.96. The zero-order valence-electron chi connectivity index (χ0n) is 13.6. The molecule has 3 rings (SSSR count). The summed E-state index contributed by atoms with van der Waals surface area (Å²) in [5, 5.41) is 14.7. The van der Waals surface area contributed by atoms with E-state index in [0.29, 0.717) is 38.9 Å². The highest BCUT2D eigenvalue weighted by molar-refractivity contribution is 6.30. The van der Waals surface area contributed by atoms with Crippen molar-refractivity contribution >= 4 is 34.3 Å². The second kappa shape index (κ2) is 6.48. The van der Waals surface area contributed by atoms with Gasteiger partial charge in [0.25, 0.3) is 0 Å². The SMILES string of the molecule is COc1cc(N)ccc1-n1nc(CN(C)C(=O)O)c2cnc(Cl)cc21. The Morgan fingerprint density at radius 1 is 1.44 bits per heavy atom. The van der Waals surface area contributed by atoms with Gasteiger partial charge in [-0.05, 0) is 12.1 Å². The lowest BCUT2D eigenvalue weighted by molar-refractivity contribution is 0.153. The molecule has 0 saturated carbocycles. The lowest BCUT2D eigenvalue weighted by atomic mass is 10.2. The van der Waals surface area contributed by atoms with Crippen LogP contribution in [0.1, 0.15) is 5.69 Å².